The molecule has 0 saturated carbocycles. The molecular formula is C15H19Cl2NO5. The number of likely N-dealkylation sites (tertiary alicyclic amines) is 1. The van der Waals surface area contributed by atoms with Gasteiger partial charge >= 0.3 is 11.9 Å². The molecule has 0 spiro atoms. The highest BCUT2D eigenvalue weighted by Gasteiger charge is 2.10. The highest BCUT2D eigenvalue weighted by atomic mass is 35.5. The van der Waals surface area contributed by atoms with Crippen LogP contribution in [0.25, 0.3) is 0 Å². The van der Waals surface area contributed by atoms with E-state index in [1.807, 2.05) is 6.07 Å². The summed E-state index contributed by atoms with van der Waals surface area (Å²) >= 11 is 11.9. The quantitative estimate of drug-likeness (QED) is 0.799. The van der Waals surface area contributed by atoms with Gasteiger partial charge < -0.3 is 14.9 Å². The van der Waals surface area contributed by atoms with Crippen molar-refractivity contribution in [3.8, 4) is 5.75 Å². The maximum atomic E-state index is 9.10. The SMILES string of the molecule is Clc1ccc(OCCN2CCCCC2)c(Cl)c1.O=C(O)C(=O)O. The van der Waals surface area contributed by atoms with Crippen LogP contribution in [-0.4, -0.2) is 53.3 Å². The smallest absolute Gasteiger partial charge is 0.414 e. The summed E-state index contributed by atoms with van der Waals surface area (Å²) < 4.78 is 5.66. The number of carboxylic acids is 2. The third-order valence-corrected chi connectivity index (χ3v) is 3.72. The Balaban J connectivity index is 0.000000379. The van der Waals surface area contributed by atoms with E-state index in [0.29, 0.717) is 22.4 Å². The Hall–Kier alpha value is -1.50. The number of halogens is 2. The van der Waals surface area contributed by atoms with Gasteiger partial charge in [0, 0.05) is 11.6 Å². The van der Waals surface area contributed by atoms with Crippen LogP contribution in [0.3, 0.4) is 0 Å². The molecule has 1 fully saturated rings. The molecular weight excluding hydrogens is 345 g/mol. The van der Waals surface area contributed by atoms with Crippen molar-refractivity contribution < 1.29 is 24.5 Å². The van der Waals surface area contributed by atoms with E-state index in [4.69, 9.17) is 47.7 Å². The molecule has 128 valence electrons. The molecule has 1 aliphatic heterocycles. The minimum absolute atomic E-state index is 0.580. The summed E-state index contributed by atoms with van der Waals surface area (Å²) in [5.41, 5.74) is 0. The van der Waals surface area contributed by atoms with Crippen LogP contribution < -0.4 is 4.74 Å². The first-order chi connectivity index (χ1) is 10.9. The molecule has 0 aromatic heterocycles. The summed E-state index contributed by atoms with van der Waals surface area (Å²) in [6.45, 7) is 4.04. The number of nitrogens with zero attached hydrogens (tertiary/aromatic N) is 1. The highest BCUT2D eigenvalue weighted by molar-refractivity contribution is 6.35. The van der Waals surface area contributed by atoms with Crippen LogP contribution in [0, 0.1) is 0 Å². The summed E-state index contributed by atoms with van der Waals surface area (Å²) in [5, 5.41) is 16.0. The first kappa shape index (κ1) is 19.5. The summed E-state index contributed by atoms with van der Waals surface area (Å²) in [5.74, 6) is -2.93. The van der Waals surface area contributed by atoms with Crippen LogP contribution in [0.4, 0.5) is 0 Å². The Morgan fingerprint density at radius 1 is 1.09 bits per heavy atom. The summed E-state index contributed by atoms with van der Waals surface area (Å²) in [7, 11) is 0. The molecule has 0 unspecified atom stereocenters. The van der Waals surface area contributed by atoms with E-state index in [9.17, 15) is 0 Å². The molecule has 2 N–H and O–H groups in total. The monoisotopic (exact) mass is 363 g/mol. The van der Waals surface area contributed by atoms with Crippen LogP contribution in [0.1, 0.15) is 19.3 Å². The summed E-state index contributed by atoms with van der Waals surface area (Å²) in [6.07, 6.45) is 3.98. The minimum atomic E-state index is -1.82. The van der Waals surface area contributed by atoms with Crippen molar-refractivity contribution in [2.24, 2.45) is 0 Å². The van der Waals surface area contributed by atoms with Crippen molar-refractivity contribution in [2.45, 2.75) is 19.3 Å². The van der Waals surface area contributed by atoms with Gasteiger partial charge in [-0.25, -0.2) is 9.59 Å². The van der Waals surface area contributed by atoms with Gasteiger partial charge in [0.15, 0.2) is 0 Å². The zero-order chi connectivity index (χ0) is 17.2. The Kier molecular flexibility index (Phi) is 8.76. The molecule has 0 aliphatic carbocycles. The molecule has 0 amide bonds. The van der Waals surface area contributed by atoms with Crippen LogP contribution in [0.2, 0.25) is 10.0 Å². The van der Waals surface area contributed by atoms with Crippen LogP contribution in [0.5, 0.6) is 5.75 Å². The van der Waals surface area contributed by atoms with Crippen LogP contribution in [-0.2, 0) is 9.59 Å². The van der Waals surface area contributed by atoms with Gasteiger partial charge in [0.05, 0.1) is 5.02 Å². The molecule has 2 rings (SSSR count). The Bertz CT molecular complexity index is 521. The lowest BCUT2D eigenvalue weighted by atomic mass is 10.1. The summed E-state index contributed by atoms with van der Waals surface area (Å²) in [6, 6.07) is 5.32. The maximum Gasteiger partial charge on any atom is 0.414 e. The fraction of sp³-hybridized carbons (Fsp3) is 0.467. The van der Waals surface area contributed by atoms with Gasteiger partial charge in [0.25, 0.3) is 0 Å². The molecule has 0 bridgehead atoms. The number of hydrogen-bond acceptors (Lipinski definition) is 4. The molecule has 1 heterocycles. The first-order valence-electron chi connectivity index (χ1n) is 7.16. The number of hydrogen-bond donors (Lipinski definition) is 2. The fourth-order valence-electron chi connectivity index (χ4n) is 2.06. The lowest BCUT2D eigenvalue weighted by Gasteiger charge is -2.26. The van der Waals surface area contributed by atoms with Crippen molar-refractivity contribution in [3.63, 3.8) is 0 Å². The van der Waals surface area contributed by atoms with Crippen molar-refractivity contribution in [2.75, 3.05) is 26.2 Å². The largest absolute Gasteiger partial charge is 0.491 e. The van der Waals surface area contributed by atoms with Crippen LogP contribution >= 0.6 is 23.2 Å². The molecule has 8 heteroatoms. The third-order valence-electron chi connectivity index (χ3n) is 3.19. The van der Waals surface area contributed by atoms with Gasteiger partial charge in [-0.1, -0.05) is 29.6 Å². The Morgan fingerprint density at radius 2 is 1.70 bits per heavy atom. The predicted molar refractivity (Wildman–Crippen MR) is 87.5 cm³/mol. The maximum absolute atomic E-state index is 9.10. The lowest BCUT2D eigenvalue weighted by molar-refractivity contribution is -0.159. The molecule has 0 radical (unpaired) electrons. The minimum Gasteiger partial charge on any atom is -0.491 e. The number of ether oxygens (including phenoxy) is 1. The molecule has 1 aliphatic rings. The van der Waals surface area contributed by atoms with E-state index in [1.54, 1.807) is 12.1 Å². The van der Waals surface area contributed by atoms with Crippen molar-refractivity contribution in [1.82, 2.24) is 4.90 Å². The second-order valence-electron chi connectivity index (χ2n) is 4.94. The zero-order valence-corrected chi connectivity index (χ0v) is 14.0. The lowest BCUT2D eigenvalue weighted by Crippen LogP contribution is -2.33. The average molecular weight is 364 g/mol. The third kappa shape index (κ3) is 8.06. The topological polar surface area (TPSA) is 87.1 Å². The van der Waals surface area contributed by atoms with E-state index in [0.717, 1.165) is 6.54 Å². The number of benzene rings is 1. The number of aliphatic carboxylic acids is 2. The van der Waals surface area contributed by atoms with Gasteiger partial charge in [-0.05, 0) is 44.1 Å². The van der Waals surface area contributed by atoms with Gasteiger partial charge in [0.2, 0.25) is 0 Å². The molecule has 6 nitrogen and oxygen atoms in total. The number of rotatable bonds is 4. The van der Waals surface area contributed by atoms with Crippen molar-refractivity contribution >= 4 is 35.1 Å². The molecule has 1 aromatic rings. The molecule has 23 heavy (non-hydrogen) atoms. The second kappa shape index (κ2) is 10.3. The number of carbonyl (C=O) groups is 2. The Labute approximate surface area is 144 Å². The van der Waals surface area contributed by atoms with E-state index in [-0.39, 0.29) is 0 Å². The zero-order valence-electron chi connectivity index (χ0n) is 12.5. The fourth-order valence-corrected chi connectivity index (χ4v) is 2.52. The first-order valence-corrected chi connectivity index (χ1v) is 7.92. The number of carboxylic acid groups (broad SMARTS) is 2. The van der Waals surface area contributed by atoms with Gasteiger partial charge in [-0.15, -0.1) is 0 Å². The molecule has 1 aromatic carbocycles. The van der Waals surface area contributed by atoms with E-state index in [1.165, 1.54) is 32.4 Å². The van der Waals surface area contributed by atoms with E-state index in [2.05, 4.69) is 4.90 Å². The van der Waals surface area contributed by atoms with E-state index < -0.39 is 11.9 Å². The second-order valence-corrected chi connectivity index (χ2v) is 5.78. The molecule has 1 saturated heterocycles. The Morgan fingerprint density at radius 3 is 2.22 bits per heavy atom. The van der Waals surface area contributed by atoms with Crippen molar-refractivity contribution in [1.29, 1.82) is 0 Å². The normalized spacial score (nSPS) is 14.5. The predicted octanol–water partition coefficient (Wildman–Crippen LogP) is 3.01. The van der Waals surface area contributed by atoms with Crippen LogP contribution in [0.15, 0.2) is 18.2 Å². The molecule has 0 atom stereocenters. The van der Waals surface area contributed by atoms with Gasteiger partial charge in [-0.2, -0.15) is 0 Å². The summed E-state index contributed by atoms with van der Waals surface area (Å²) in [4.78, 5) is 20.6. The standard InChI is InChI=1S/C13H17Cl2NO.C2H2O4/c14-11-4-5-13(12(15)10-11)17-9-8-16-6-2-1-3-7-16;3-1(4)2(5)6/h4-5,10H,1-3,6-9H2;(H,3,4)(H,5,6). The highest BCUT2D eigenvalue weighted by Crippen LogP contribution is 2.27. The number of piperidine rings is 1. The average Bonchev–Trinajstić information content (AvgIpc) is 2.51. The van der Waals surface area contributed by atoms with Gasteiger partial charge in [0.1, 0.15) is 12.4 Å². The van der Waals surface area contributed by atoms with E-state index >= 15 is 0 Å². The van der Waals surface area contributed by atoms with Gasteiger partial charge in [-0.3, -0.25) is 4.90 Å². The van der Waals surface area contributed by atoms with Crippen molar-refractivity contribution in [3.05, 3.63) is 28.2 Å².